The van der Waals surface area contributed by atoms with Crippen molar-refractivity contribution >= 4 is 35.0 Å². The fraction of sp³-hybridized carbons (Fsp3) is 0.683. The molecule has 0 radical (unpaired) electrons. The van der Waals surface area contributed by atoms with Gasteiger partial charge in [0.1, 0.15) is 0 Å². The first-order valence-electron chi connectivity index (χ1n) is 20.1. The molecule has 52 heavy (non-hydrogen) atoms. The highest BCUT2D eigenvalue weighted by Gasteiger charge is 2.38. The van der Waals surface area contributed by atoms with E-state index in [4.69, 9.17) is 4.98 Å². The lowest BCUT2D eigenvalue weighted by molar-refractivity contribution is -0.135. The van der Waals surface area contributed by atoms with Crippen LogP contribution >= 0.6 is 11.3 Å². The molecule has 1 saturated carbocycles. The van der Waals surface area contributed by atoms with Gasteiger partial charge >= 0.3 is 0 Å². The SMILES string of the molecule is Cc1sc2nc1CC(=O)N1CC[C@@H](CC(=O)NCc3ccccc3)[C@@H](CC(=O)NCC[C@H]3CN(C4CCCC4)CC[C@H]3CC(=O)N3CCC2CC3)C1. The fourth-order valence-electron chi connectivity index (χ4n) is 9.70. The highest BCUT2D eigenvalue weighted by Crippen LogP contribution is 2.37. The van der Waals surface area contributed by atoms with E-state index in [9.17, 15) is 19.2 Å². The minimum absolute atomic E-state index is 0.0128. The monoisotopic (exact) mass is 730 g/mol. The molecule has 1 aromatic carbocycles. The molecule has 10 nitrogen and oxygen atoms in total. The Bertz CT molecular complexity index is 1550. The molecule has 1 aliphatic carbocycles. The number of carbonyl (C=O) groups excluding carboxylic acids is 4. The second kappa shape index (κ2) is 17.2. The molecule has 4 atom stereocenters. The molecule has 2 N–H and O–H groups in total. The second-order valence-electron chi connectivity index (χ2n) is 16.3. The summed E-state index contributed by atoms with van der Waals surface area (Å²) in [7, 11) is 0. The average molecular weight is 731 g/mol. The maximum atomic E-state index is 13.8. The van der Waals surface area contributed by atoms with Crippen molar-refractivity contribution in [2.75, 3.05) is 45.8 Å². The van der Waals surface area contributed by atoms with Gasteiger partial charge in [-0.1, -0.05) is 43.2 Å². The van der Waals surface area contributed by atoms with Crippen LogP contribution in [0.1, 0.15) is 104 Å². The molecular formula is C41H58N6O4S. The van der Waals surface area contributed by atoms with Crippen LogP contribution in [0.25, 0.3) is 0 Å². The van der Waals surface area contributed by atoms with Crippen LogP contribution < -0.4 is 10.6 Å². The molecule has 11 heteroatoms. The molecule has 4 fully saturated rings. The van der Waals surface area contributed by atoms with Crippen LogP contribution in [0, 0.1) is 30.6 Å². The van der Waals surface area contributed by atoms with E-state index in [0.29, 0.717) is 69.2 Å². The zero-order valence-corrected chi connectivity index (χ0v) is 31.8. The normalized spacial score (nSPS) is 28.6. The van der Waals surface area contributed by atoms with E-state index in [1.165, 1.54) is 25.7 Å². The second-order valence-corrected chi connectivity index (χ2v) is 17.5. The zero-order valence-electron chi connectivity index (χ0n) is 31.0. The lowest BCUT2D eigenvalue weighted by Gasteiger charge is -2.42. The Hall–Kier alpha value is -3.31. The van der Waals surface area contributed by atoms with Crippen molar-refractivity contribution in [1.29, 1.82) is 0 Å². The van der Waals surface area contributed by atoms with Gasteiger partial charge in [-0.25, -0.2) is 4.98 Å². The van der Waals surface area contributed by atoms with Crippen molar-refractivity contribution in [1.82, 2.24) is 30.3 Å². The summed E-state index contributed by atoms with van der Waals surface area (Å²) in [6.45, 7) is 7.77. The van der Waals surface area contributed by atoms with E-state index in [-0.39, 0.29) is 48.3 Å². The summed E-state index contributed by atoms with van der Waals surface area (Å²) in [5.74, 6) is 1.20. The Morgan fingerprint density at radius 2 is 1.62 bits per heavy atom. The van der Waals surface area contributed by atoms with Gasteiger partial charge in [-0.3, -0.25) is 19.2 Å². The summed E-state index contributed by atoms with van der Waals surface area (Å²) in [5, 5.41) is 7.41. The Morgan fingerprint density at radius 1 is 0.846 bits per heavy atom. The number of amides is 4. The molecule has 8 rings (SSSR count). The van der Waals surface area contributed by atoms with Gasteiger partial charge in [0.2, 0.25) is 23.6 Å². The van der Waals surface area contributed by atoms with Gasteiger partial charge in [0.05, 0.1) is 17.1 Å². The number of nitrogens with zero attached hydrogens (tertiary/aromatic N) is 4. The van der Waals surface area contributed by atoms with Crippen molar-refractivity contribution in [2.24, 2.45) is 23.7 Å². The predicted octanol–water partition coefficient (Wildman–Crippen LogP) is 5.05. The third-order valence-corrected chi connectivity index (χ3v) is 14.1. The number of nitrogens with one attached hydrogen (secondary N) is 2. The summed E-state index contributed by atoms with van der Waals surface area (Å²) in [6, 6.07) is 10.6. The van der Waals surface area contributed by atoms with Crippen LogP contribution in [0.4, 0.5) is 0 Å². The summed E-state index contributed by atoms with van der Waals surface area (Å²) in [5.41, 5.74) is 1.90. The van der Waals surface area contributed by atoms with Crippen LogP contribution in [-0.2, 0) is 32.1 Å². The van der Waals surface area contributed by atoms with Crippen molar-refractivity contribution in [3.05, 3.63) is 51.5 Å². The molecule has 282 valence electrons. The predicted molar refractivity (Wildman–Crippen MR) is 202 cm³/mol. The van der Waals surface area contributed by atoms with Crippen LogP contribution in [0.3, 0.4) is 0 Å². The smallest absolute Gasteiger partial charge is 0.228 e. The highest BCUT2D eigenvalue weighted by molar-refractivity contribution is 7.11. The first-order valence-corrected chi connectivity index (χ1v) is 20.9. The first kappa shape index (κ1) is 37.0. The maximum Gasteiger partial charge on any atom is 0.228 e. The number of rotatable bonds is 5. The zero-order chi connectivity index (χ0) is 36.0. The molecule has 3 saturated heterocycles. The van der Waals surface area contributed by atoms with Crippen molar-refractivity contribution in [3.8, 4) is 0 Å². The van der Waals surface area contributed by atoms with Crippen molar-refractivity contribution in [3.63, 3.8) is 0 Å². The number of hydrogen-bond acceptors (Lipinski definition) is 7. The maximum absolute atomic E-state index is 13.8. The van der Waals surface area contributed by atoms with Gasteiger partial charge in [-0.05, 0) is 87.6 Å². The number of likely N-dealkylation sites (tertiary alicyclic amines) is 1. The molecule has 5 aliphatic heterocycles. The van der Waals surface area contributed by atoms with Gasteiger partial charge in [0, 0.05) is 81.9 Å². The fourth-order valence-corrected chi connectivity index (χ4v) is 10.8. The van der Waals surface area contributed by atoms with Gasteiger partial charge in [0.25, 0.3) is 0 Å². The number of carbonyl (C=O) groups is 4. The molecule has 0 unspecified atom stereocenters. The summed E-state index contributed by atoms with van der Waals surface area (Å²) in [6.07, 6.45) is 11.1. The van der Waals surface area contributed by atoms with Crippen LogP contribution in [-0.4, -0.2) is 95.2 Å². The van der Waals surface area contributed by atoms with Crippen molar-refractivity contribution < 1.29 is 19.2 Å². The Morgan fingerprint density at radius 3 is 2.40 bits per heavy atom. The minimum atomic E-state index is -0.108. The van der Waals surface area contributed by atoms with Crippen LogP contribution in [0.15, 0.2) is 30.3 Å². The molecule has 2 aromatic rings. The Labute approximate surface area is 313 Å². The standard InChI is InChI=1S/C41H58N6O4S/c1-28-36-24-40(51)47-20-15-31(21-38(49)43-25-29-7-3-2-4-8-29)34(27-47)22-37(48)42-16-11-33-26-46(35-9-5-6-10-35)19-14-32(33)23-39(50)45-17-12-30(13-18-45)41(44-36)52-28/h2-4,7-8,30-35H,5-6,9-27H2,1H3,(H,42,48)(H,43,49)/t31-,32-,33-,34-/m0/s1. The van der Waals surface area contributed by atoms with E-state index in [2.05, 4.69) is 27.4 Å². The first-order chi connectivity index (χ1) is 25.3. The lowest BCUT2D eigenvalue weighted by atomic mass is 9.79. The molecular weight excluding hydrogens is 673 g/mol. The molecule has 4 amide bonds. The van der Waals surface area contributed by atoms with Gasteiger partial charge in [0.15, 0.2) is 0 Å². The van der Waals surface area contributed by atoms with E-state index in [0.717, 1.165) is 73.0 Å². The molecule has 0 spiro atoms. The van der Waals surface area contributed by atoms with Gasteiger partial charge < -0.3 is 25.3 Å². The van der Waals surface area contributed by atoms with E-state index in [1.807, 2.05) is 35.2 Å². The van der Waals surface area contributed by atoms with E-state index in [1.54, 1.807) is 11.3 Å². The topological polar surface area (TPSA) is 115 Å². The Balaban J connectivity index is 1.07. The third kappa shape index (κ3) is 9.24. The van der Waals surface area contributed by atoms with Gasteiger partial charge in [-0.2, -0.15) is 0 Å². The summed E-state index contributed by atoms with van der Waals surface area (Å²) >= 11 is 1.70. The lowest BCUT2D eigenvalue weighted by Crippen LogP contribution is -2.48. The summed E-state index contributed by atoms with van der Waals surface area (Å²) in [4.78, 5) is 67.1. The molecule has 6 aliphatic rings. The number of aryl methyl sites for hydroxylation is 1. The number of piperidine rings is 3. The van der Waals surface area contributed by atoms with Gasteiger partial charge in [-0.15, -0.1) is 11.3 Å². The van der Waals surface area contributed by atoms with E-state index >= 15 is 0 Å². The number of thiazole rings is 1. The van der Waals surface area contributed by atoms with E-state index < -0.39 is 0 Å². The molecule has 1 aromatic heterocycles. The highest BCUT2D eigenvalue weighted by atomic mass is 32.1. The summed E-state index contributed by atoms with van der Waals surface area (Å²) < 4.78 is 0. The Kier molecular flexibility index (Phi) is 12.3. The third-order valence-electron chi connectivity index (χ3n) is 12.9. The van der Waals surface area contributed by atoms with Crippen LogP contribution in [0.5, 0.6) is 0 Å². The number of aromatic nitrogens is 1. The largest absolute Gasteiger partial charge is 0.356 e. The quantitative estimate of drug-likeness (QED) is 0.445. The average Bonchev–Trinajstić information content (AvgIpc) is 3.82. The molecule has 6 bridgehead atoms. The van der Waals surface area contributed by atoms with Crippen LogP contribution in [0.2, 0.25) is 0 Å². The number of benzene rings is 1. The van der Waals surface area contributed by atoms with Crippen molar-refractivity contribution in [2.45, 2.75) is 109 Å². The number of hydrogen-bond donors (Lipinski definition) is 2. The molecule has 6 heterocycles. The minimum Gasteiger partial charge on any atom is -0.356 e. The number of fused-ring (bicyclic) bond motifs is 8.